The third kappa shape index (κ3) is 3.38. The van der Waals surface area contributed by atoms with E-state index in [9.17, 15) is 8.78 Å². The third-order valence-corrected chi connectivity index (χ3v) is 3.02. The Morgan fingerprint density at radius 2 is 1.96 bits per heavy atom. The van der Waals surface area contributed by atoms with Crippen LogP contribution in [0.5, 0.6) is 17.5 Å². The fraction of sp³-hybridized carbons (Fsp3) is 0.154. The number of nitrogens with zero attached hydrogens (tertiary/aromatic N) is 6. The number of tetrazole rings is 1. The number of methoxy groups -OCH3 is 1. The topological polar surface area (TPSA) is 87.8 Å². The van der Waals surface area contributed by atoms with Gasteiger partial charge < -0.3 is 9.47 Å². The zero-order chi connectivity index (χ0) is 17.1. The normalized spacial score (nSPS) is 10.9. The summed E-state index contributed by atoms with van der Waals surface area (Å²) in [4.78, 5) is 8.00. The fourth-order valence-electron chi connectivity index (χ4n) is 1.77. The molecule has 1 aromatic carbocycles. The van der Waals surface area contributed by atoms with Crippen LogP contribution in [0.15, 0.2) is 30.6 Å². The molecular formula is C13H9ClF2N6O2. The minimum Gasteiger partial charge on any atom is -0.497 e. The van der Waals surface area contributed by atoms with Gasteiger partial charge in [-0.25, -0.2) is 9.97 Å². The first-order chi connectivity index (χ1) is 11.6. The van der Waals surface area contributed by atoms with Gasteiger partial charge in [0, 0.05) is 0 Å². The molecule has 0 atom stereocenters. The maximum atomic E-state index is 12.6. The van der Waals surface area contributed by atoms with Crippen LogP contribution in [-0.4, -0.2) is 37.3 Å². The molecule has 0 unspecified atom stereocenters. The van der Waals surface area contributed by atoms with Gasteiger partial charge in [-0.2, -0.15) is 8.78 Å². The summed E-state index contributed by atoms with van der Waals surface area (Å²) in [5.41, 5.74) is 0.291. The van der Waals surface area contributed by atoms with E-state index in [0.717, 1.165) is 0 Å². The van der Waals surface area contributed by atoms with E-state index in [2.05, 4.69) is 25.4 Å². The van der Waals surface area contributed by atoms with Gasteiger partial charge in [0.1, 0.15) is 11.5 Å². The molecule has 3 aromatic rings. The number of alkyl halides is 2. The molecule has 0 fully saturated rings. The second-order valence-electron chi connectivity index (χ2n) is 4.36. The Kier molecular flexibility index (Phi) is 4.47. The first kappa shape index (κ1) is 16.0. The Morgan fingerprint density at radius 1 is 1.21 bits per heavy atom. The Labute approximate surface area is 139 Å². The Bertz CT molecular complexity index is 843. The molecule has 0 saturated heterocycles. The first-order valence-electron chi connectivity index (χ1n) is 6.48. The number of halogens is 3. The predicted molar refractivity (Wildman–Crippen MR) is 78.2 cm³/mol. The van der Waals surface area contributed by atoms with E-state index in [1.54, 1.807) is 12.1 Å². The Balaban J connectivity index is 2.00. The minimum atomic E-state index is -2.90. The summed E-state index contributed by atoms with van der Waals surface area (Å²) in [6.07, 6.45) is 2.72. The minimum absolute atomic E-state index is 0.0204. The summed E-state index contributed by atoms with van der Waals surface area (Å²) in [6.45, 7) is -2.90. The van der Waals surface area contributed by atoms with Crippen LogP contribution in [0.1, 0.15) is 6.55 Å². The maximum Gasteiger partial charge on any atom is 0.350 e. The van der Waals surface area contributed by atoms with Gasteiger partial charge in [0.05, 0.1) is 30.1 Å². The van der Waals surface area contributed by atoms with E-state index >= 15 is 0 Å². The van der Waals surface area contributed by atoms with Gasteiger partial charge in [0.2, 0.25) is 5.82 Å². The Morgan fingerprint density at radius 3 is 2.58 bits per heavy atom. The summed E-state index contributed by atoms with van der Waals surface area (Å²) < 4.78 is 35.9. The molecule has 2 aromatic heterocycles. The van der Waals surface area contributed by atoms with Gasteiger partial charge in [-0.15, -0.1) is 10.2 Å². The number of rotatable bonds is 5. The van der Waals surface area contributed by atoms with Crippen LogP contribution in [-0.2, 0) is 0 Å². The second kappa shape index (κ2) is 6.71. The molecule has 0 aliphatic carbocycles. The third-order valence-electron chi connectivity index (χ3n) is 2.83. The predicted octanol–water partition coefficient (Wildman–Crippen LogP) is 2.98. The molecule has 0 radical (unpaired) electrons. The van der Waals surface area contributed by atoms with Gasteiger partial charge in [-0.05, 0) is 23.4 Å². The molecule has 0 spiro atoms. The lowest BCUT2D eigenvalue weighted by atomic mass is 10.2. The van der Waals surface area contributed by atoms with Crippen LogP contribution < -0.4 is 9.47 Å². The van der Waals surface area contributed by atoms with Crippen molar-refractivity contribution in [2.75, 3.05) is 7.11 Å². The Hall–Kier alpha value is -2.88. The second-order valence-corrected chi connectivity index (χ2v) is 4.80. The number of aromatic nitrogens is 6. The smallest absolute Gasteiger partial charge is 0.350 e. The van der Waals surface area contributed by atoms with Crippen molar-refractivity contribution in [3.8, 4) is 28.9 Å². The molecule has 24 heavy (non-hydrogen) atoms. The highest BCUT2D eigenvalue weighted by Crippen LogP contribution is 2.33. The quantitative estimate of drug-likeness (QED) is 0.696. The van der Waals surface area contributed by atoms with Crippen molar-refractivity contribution in [2.45, 2.75) is 6.55 Å². The average molecular weight is 355 g/mol. The van der Waals surface area contributed by atoms with Crippen LogP contribution in [0.4, 0.5) is 8.78 Å². The summed E-state index contributed by atoms with van der Waals surface area (Å²) in [6, 6.07) is 4.71. The number of benzene rings is 1. The highest BCUT2D eigenvalue weighted by atomic mass is 35.5. The van der Waals surface area contributed by atoms with Crippen molar-refractivity contribution in [3.05, 3.63) is 35.6 Å². The molecule has 0 aliphatic rings. The van der Waals surface area contributed by atoms with Gasteiger partial charge in [0.25, 0.3) is 0 Å². The average Bonchev–Trinajstić information content (AvgIpc) is 3.07. The van der Waals surface area contributed by atoms with E-state index in [1.807, 2.05) is 0 Å². The monoisotopic (exact) mass is 354 g/mol. The summed E-state index contributed by atoms with van der Waals surface area (Å²) >= 11 is 5.71. The first-order valence-corrected chi connectivity index (χ1v) is 6.86. The molecule has 0 bridgehead atoms. The number of hydrogen-bond acceptors (Lipinski definition) is 7. The highest BCUT2D eigenvalue weighted by Gasteiger charge is 2.18. The standard InChI is InChI=1S/C13H9ClF2N6O2/c1-23-8-2-3-10(24-13-17-5-7(14)6-18-13)9(4-8)11-19-21-22(20-11)12(15)16/h2-6,12H,1H3. The molecule has 124 valence electrons. The zero-order valence-electron chi connectivity index (χ0n) is 12.1. The van der Waals surface area contributed by atoms with Crippen molar-refractivity contribution in [1.29, 1.82) is 0 Å². The van der Waals surface area contributed by atoms with Crippen LogP contribution in [0, 0.1) is 0 Å². The molecule has 0 amide bonds. The van der Waals surface area contributed by atoms with Crippen LogP contribution in [0.2, 0.25) is 5.02 Å². The van der Waals surface area contributed by atoms with E-state index < -0.39 is 6.55 Å². The van der Waals surface area contributed by atoms with Gasteiger partial charge in [-0.1, -0.05) is 16.4 Å². The van der Waals surface area contributed by atoms with Crippen molar-refractivity contribution in [2.24, 2.45) is 0 Å². The lowest BCUT2D eigenvalue weighted by Crippen LogP contribution is -2.02. The van der Waals surface area contributed by atoms with Gasteiger partial charge in [-0.3, -0.25) is 0 Å². The van der Waals surface area contributed by atoms with Gasteiger partial charge in [0.15, 0.2) is 0 Å². The number of hydrogen-bond donors (Lipinski definition) is 0. The highest BCUT2D eigenvalue weighted by molar-refractivity contribution is 6.30. The van der Waals surface area contributed by atoms with Crippen molar-refractivity contribution in [3.63, 3.8) is 0 Å². The SMILES string of the molecule is COc1ccc(Oc2ncc(Cl)cn2)c(-c2nnn(C(F)F)n2)c1. The molecule has 3 rings (SSSR count). The molecular weight excluding hydrogens is 346 g/mol. The molecule has 0 N–H and O–H groups in total. The fourth-order valence-corrected chi connectivity index (χ4v) is 1.86. The van der Waals surface area contributed by atoms with E-state index in [1.165, 1.54) is 25.6 Å². The van der Waals surface area contributed by atoms with Crippen LogP contribution in [0.3, 0.4) is 0 Å². The summed E-state index contributed by atoms with van der Waals surface area (Å²) in [5, 5.41) is 10.9. The molecule has 11 heteroatoms. The van der Waals surface area contributed by atoms with E-state index in [-0.39, 0.29) is 22.4 Å². The van der Waals surface area contributed by atoms with Gasteiger partial charge >= 0.3 is 12.6 Å². The maximum absolute atomic E-state index is 12.6. The summed E-state index contributed by atoms with van der Waals surface area (Å²) in [5.74, 6) is 0.646. The van der Waals surface area contributed by atoms with Crippen LogP contribution in [0.25, 0.3) is 11.4 Å². The van der Waals surface area contributed by atoms with Crippen molar-refractivity contribution >= 4 is 11.6 Å². The van der Waals surface area contributed by atoms with Crippen molar-refractivity contribution < 1.29 is 18.3 Å². The van der Waals surface area contributed by atoms with Crippen LogP contribution >= 0.6 is 11.6 Å². The lowest BCUT2D eigenvalue weighted by Gasteiger charge is -2.09. The van der Waals surface area contributed by atoms with E-state index in [0.29, 0.717) is 16.3 Å². The van der Waals surface area contributed by atoms with E-state index in [4.69, 9.17) is 21.1 Å². The number of ether oxygens (including phenoxy) is 2. The molecule has 8 nitrogen and oxygen atoms in total. The van der Waals surface area contributed by atoms with Crippen molar-refractivity contribution in [1.82, 2.24) is 30.2 Å². The molecule has 0 saturated carbocycles. The molecule has 2 heterocycles. The largest absolute Gasteiger partial charge is 0.497 e. The zero-order valence-corrected chi connectivity index (χ0v) is 12.9. The molecule has 0 aliphatic heterocycles. The summed E-state index contributed by atoms with van der Waals surface area (Å²) in [7, 11) is 1.46. The lowest BCUT2D eigenvalue weighted by molar-refractivity contribution is 0.0397.